The van der Waals surface area contributed by atoms with Crippen LogP contribution in [0.1, 0.15) is 61.0 Å². The second-order valence-corrected chi connectivity index (χ2v) is 11.7. The van der Waals surface area contributed by atoms with Gasteiger partial charge in [0.15, 0.2) is 0 Å². The van der Waals surface area contributed by atoms with Gasteiger partial charge in [-0.25, -0.2) is 4.98 Å². The van der Waals surface area contributed by atoms with E-state index >= 15 is 0 Å². The Balaban J connectivity index is 2.05. The fourth-order valence-electron chi connectivity index (χ4n) is 3.59. The van der Waals surface area contributed by atoms with Crippen LogP contribution in [0, 0.1) is 0 Å². The number of amides is 2. The minimum Gasteiger partial charge on any atom is -0.351 e. The van der Waals surface area contributed by atoms with Crippen molar-refractivity contribution >= 4 is 34.1 Å². The number of nitrogens with zero attached hydrogens (tertiary/aromatic N) is 2. The van der Waals surface area contributed by atoms with Crippen LogP contribution in [0.15, 0.2) is 35.8 Å². The van der Waals surface area contributed by atoms with E-state index in [2.05, 4.69) is 21.7 Å². The summed E-state index contributed by atoms with van der Waals surface area (Å²) in [5.74, 6) is -0.0738. The van der Waals surface area contributed by atoms with Gasteiger partial charge in [-0.15, -0.1) is 11.3 Å². The molecule has 0 saturated carbocycles. The molecule has 3 aromatic rings. The van der Waals surface area contributed by atoms with E-state index in [-0.39, 0.29) is 29.4 Å². The van der Waals surface area contributed by atoms with Gasteiger partial charge in [0.25, 0.3) is 0 Å². The number of carbonyl (C=O) groups is 2. The lowest BCUT2D eigenvalue weighted by Crippen LogP contribution is -2.48. The first kappa shape index (κ1) is 24.0. The van der Waals surface area contributed by atoms with Crippen LogP contribution in [0.5, 0.6) is 0 Å². The van der Waals surface area contributed by atoms with Crippen molar-refractivity contribution in [2.45, 2.75) is 78.4 Å². The van der Waals surface area contributed by atoms with Crippen LogP contribution in [0.3, 0.4) is 0 Å². The summed E-state index contributed by atoms with van der Waals surface area (Å²) in [6.45, 7) is 15.9. The highest BCUT2D eigenvalue weighted by Crippen LogP contribution is 2.33. The lowest BCUT2D eigenvalue weighted by Gasteiger charge is -2.30. The topological polar surface area (TPSA) is 76.0 Å². The number of carbonyl (C=O) groups excluding carboxylic acids is 2. The molecule has 0 bridgehead atoms. The first-order valence-corrected chi connectivity index (χ1v) is 11.7. The summed E-state index contributed by atoms with van der Waals surface area (Å²) in [6, 6.07) is 8.08. The molecule has 6 nitrogen and oxygen atoms in total. The van der Waals surface area contributed by atoms with Crippen molar-refractivity contribution in [3.05, 3.63) is 41.4 Å². The summed E-state index contributed by atoms with van der Waals surface area (Å²) < 4.78 is 2.00. The average molecular weight is 455 g/mol. The minimum atomic E-state index is -0.700. The number of fused-ring (bicyclic) bond motifs is 1. The van der Waals surface area contributed by atoms with E-state index in [0.29, 0.717) is 0 Å². The highest BCUT2D eigenvalue weighted by molar-refractivity contribution is 7.13. The van der Waals surface area contributed by atoms with Crippen LogP contribution < -0.4 is 10.6 Å². The number of benzene rings is 1. The molecule has 0 aliphatic rings. The minimum absolute atomic E-state index is 0.0199. The zero-order valence-electron chi connectivity index (χ0n) is 20.3. The predicted octanol–water partition coefficient (Wildman–Crippen LogP) is 4.87. The molecule has 7 heteroatoms. The molecule has 32 heavy (non-hydrogen) atoms. The van der Waals surface area contributed by atoms with Crippen molar-refractivity contribution in [3.63, 3.8) is 0 Å². The Morgan fingerprint density at radius 3 is 2.19 bits per heavy atom. The molecular weight excluding hydrogens is 420 g/mol. The molecular formula is C25H34N4O2S. The van der Waals surface area contributed by atoms with Crippen molar-refractivity contribution < 1.29 is 9.59 Å². The molecule has 0 unspecified atom stereocenters. The van der Waals surface area contributed by atoms with E-state index < -0.39 is 5.41 Å². The van der Waals surface area contributed by atoms with Crippen molar-refractivity contribution in [2.24, 2.45) is 0 Å². The molecule has 0 aliphatic heterocycles. The molecule has 0 atom stereocenters. The third-order valence-corrected chi connectivity index (χ3v) is 5.94. The third-order valence-electron chi connectivity index (χ3n) is 5.15. The maximum atomic E-state index is 13.0. The van der Waals surface area contributed by atoms with Crippen LogP contribution in [-0.2, 0) is 21.5 Å². The molecule has 0 spiro atoms. The summed E-state index contributed by atoms with van der Waals surface area (Å²) in [6.07, 6.45) is 1.77. The number of thiazole rings is 1. The molecule has 2 N–H and O–H groups in total. The third kappa shape index (κ3) is 5.38. The van der Waals surface area contributed by atoms with Gasteiger partial charge in [0.1, 0.15) is 11.6 Å². The summed E-state index contributed by atoms with van der Waals surface area (Å²) in [4.78, 5) is 30.2. The van der Waals surface area contributed by atoms with E-state index in [1.165, 1.54) is 11.3 Å². The van der Waals surface area contributed by atoms with Crippen LogP contribution in [0.4, 0.5) is 0 Å². The van der Waals surface area contributed by atoms with Gasteiger partial charge in [0, 0.05) is 33.6 Å². The summed E-state index contributed by atoms with van der Waals surface area (Å²) >= 11 is 1.54. The maximum Gasteiger partial charge on any atom is 0.240 e. The van der Waals surface area contributed by atoms with Crippen molar-refractivity contribution in [1.82, 2.24) is 20.2 Å². The van der Waals surface area contributed by atoms with Crippen LogP contribution in [0.25, 0.3) is 21.6 Å². The van der Waals surface area contributed by atoms with Gasteiger partial charge in [-0.2, -0.15) is 0 Å². The normalized spacial score (nSPS) is 12.8. The Morgan fingerprint density at radius 2 is 1.62 bits per heavy atom. The Kier molecular flexibility index (Phi) is 6.26. The van der Waals surface area contributed by atoms with E-state index in [0.717, 1.165) is 27.2 Å². The number of hydrogen-bond acceptors (Lipinski definition) is 4. The monoisotopic (exact) mass is 454 g/mol. The zero-order valence-corrected chi connectivity index (χ0v) is 21.1. The molecule has 0 saturated heterocycles. The summed E-state index contributed by atoms with van der Waals surface area (Å²) in [7, 11) is 0. The van der Waals surface area contributed by atoms with Gasteiger partial charge in [-0.1, -0.05) is 6.07 Å². The van der Waals surface area contributed by atoms with Gasteiger partial charge in [-0.3, -0.25) is 9.59 Å². The van der Waals surface area contributed by atoms with E-state index in [1.807, 2.05) is 83.5 Å². The number of rotatable bonds is 5. The Bertz CT molecular complexity index is 1130. The molecule has 0 fully saturated rings. The second kappa shape index (κ2) is 8.35. The van der Waals surface area contributed by atoms with E-state index in [1.54, 1.807) is 6.20 Å². The van der Waals surface area contributed by atoms with Gasteiger partial charge in [0.2, 0.25) is 11.8 Å². The largest absolute Gasteiger partial charge is 0.351 e. The highest BCUT2D eigenvalue weighted by Gasteiger charge is 2.32. The van der Waals surface area contributed by atoms with E-state index in [9.17, 15) is 9.59 Å². The SMILES string of the molecule is CC(C)(C)NC(=O)Cn1c(-c2nccs2)cc2cc(C(C)(C)C(=O)NC(C)(C)C)ccc21. The second-order valence-electron chi connectivity index (χ2n) is 10.9. The smallest absolute Gasteiger partial charge is 0.240 e. The van der Waals surface area contributed by atoms with Gasteiger partial charge in [0.05, 0.1) is 11.1 Å². The van der Waals surface area contributed by atoms with Crippen molar-refractivity contribution in [3.8, 4) is 10.7 Å². The van der Waals surface area contributed by atoms with Gasteiger partial charge < -0.3 is 15.2 Å². The quantitative estimate of drug-likeness (QED) is 0.577. The summed E-state index contributed by atoms with van der Waals surface area (Å²) in [5.41, 5.74) is 1.45. The van der Waals surface area contributed by atoms with E-state index in [4.69, 9.17) is 0 Å². The molecule has 0 radical (unpaired) electrons. The van der Waals surface area contributed by atoms with Gasteiger partial charge in [-0.05, 0) is 79.2 Å². The fraction of sp³-hybridized carbons (Fsp3) is 0.480. The average Bonchev–Trinajstić information content (AvgIpc) is 3.26. The van der Waals surface area contributed by atoms with Crippen molar-refractivity contribution in [1.29, 1.82) is 0 Å². The molecule has 172 valence electrons. The van der Waals surface area contributed by atoms with Crippen LogP contribution in [0.2, 0.25) is 0 Å². The Morgan fingerprint density at radius 1 is 0.969 bits per heavy atom. The first-order valence-electron chi connectivity index (χ1n) is 10.8. The van der Waals surface area contributed by atoms with Gasteiger partial charge >= 0.3 is 0 Å². The lowest BCUT2D eigenvalue weighted by atomic mass is 9.82. The highest BCUT2D eigenvalue weighted by atomic mass is 32.1. The molecule has 2 amide bonds. The molecule has 2 heterocycles. The van der Waals surface area contributed by atoms with Crippen LogP contribution in [-0.4, -0.2) is 32.4 Å². The molecule has 3 rings (SSSR count). The first-order chi connectivity index (χ1) is 14.7. The fourth-order valence-corrected chi connectivity index (χ4v) is 4.25. The Hall–Kier alpha value is -2.67. The zero-order chi connectivity index (χ0) is 23.9. The molecule has 0 aliphatic carbocycles. The number of hydrogen-bond donors (Lipinski definition) is 2. The lowest BCUT2D eigenvalue weighted by molar-refractivity contribution is -0.127. The Labute approximate surface area is 194 Å². The molecule has 1 aromatic carbocycles. The van der Waals surface area contributed by atoms with Crippen molar-refractivity contribution in [2.75, 3.05) is 0 Å². The molecule has 2 aromatic heterocycles. The number of nitrogens with one attached hydrogen (secondary N) is 2. The standard InChI is InChI=1S/C25H34N4O2S/c1-23(2,3)27-20(30)15-29-18-10-9-17(25(7,8)22(31)28-24(4,5)6)13-16(18)14-19(29)21-26-11-12-32-21/h9-14H,15H2,1-8H3,(H,27,30)(H,28,31). The number of aromatic nitrogens is 2. The maximum absolute atomic E-state index is 13.0. The predicted molar refractivity (Wildman–Crippen MR) is 132 cm³/mol. The van der Waals surface area contributed by atoms with Crippen LogP contribution >= 0.6 is 11.3 Å². The summed E-state index contributed by atoms with van der Waals surface area (Å²) in [5, 5.41) is 9.89.